The van der Waals surface area contributed by atoms with E-state index in [1.165, 1.54) is 29.5 Å². The molecule has 0 aromatic heterocycles. The van der Waals surface area contributed by atoms with Crippen LogP contribution in [-0.4, -0.2) is 64.1 Å². The summed E-state index contributed by atoms with van der Waals surface area (Å²) in [6.07, 6.45) is 7.06. The van der Waals surface area contributed by atoms with E-state index in [4.69, 9.17) is 9.47 Å². The number of hydrogen-bond acceptors (Lipinski definition) is 6. The average Bonchev–Trinajstić information content (AvgIpc) is 2.83. The normalized spacial score (nSPS) is 19.5. The van der Waals surface area contributed by atoms with Gasteiger partial charge in [-0.1, -0.05) is 11.6 Å². The number of sulfonamides is 1. The molecule has 2 amide bonds. The molecule has 1 aliphatic heterocycles. The first-order valence-corrected chi connectivity index (χ1v) is 12.8. The van der Waals surface area contributed by atoms with Gasteiger partial charge in [0.1, 0.15) is 12.0 Å². The Morgan fingerprint density at radius 2 is 1.97 bits per heavy atom. The fourth-order valence-electron chi connectivity index (χ4n) is 4.06. The molecular weight excluding hydrogens is 446 g/mol. The molecule has 1 aromatic carbocycles. The van der Waals surface area contributed by atoms with Gasteiger partial charge in [-0.05, 0) is 69.2 Å². The minimum absolute atomic E-state index is 0.119. The third-order valence-corrected chi connectivity index (χ3v) is 7.77. The molecule has 2 N–H and O–H groups in total. The van der Waals surface area contributed by atoms with Crippen LogP contribution in [0.5, 0.6) is 5.75 Å². The number of benzene rings is 1. The van der Waals surface area contributed by atoms with E-state index in [9.17, 15) is 18.0 Å². The fraction of sp³-hybridized carbons (Fsp3) is 0.565. The smallest absolute Gasteiger partial charge is 0.309 e. The Bertz CT molecular complexity index is 992. The SMILES string of the molecule is COc1ccc(S(=O)(=O)N2CCCO[C@H]2CNC(=O)C(=O)NCCC2=CCCCC2)cc1C. The van der Waals surface area contributed by atoms with Crippen molar-refractivity contribution in [2.75, 3.05) is 33.4 Å². The molecule has 10 heteroatoms. The number of ether oxygens (including phenoxy) is 2. The van der Waals surface area contributed by atoms with Crippen molar-refractivity contribution in [3.63, 3.8) is 0 Å². The Labute approximate surface area is 195 Å². The first-order valence-electron chi connectivity index (χ1n) is 11.3. The lowest BCUT2D eigenvalue weighted by Crippen LogP contribution is -2.53. The van der Waals surface area contributed by atoms with Gasteiger partial charge in [0, 0.05) is 13.1 Å². The molecule has 1 saturated heterocycles. The minimum Gasteiger partial charge on any atom is -0.496 e. The van der Waals surface area contributed by atoms with Gasteiger partial charge in [0.25, 0.3) is 0 Å². The standard InChI is InChI=1S/C23H33N3O6S/c1-17-15-19(9-10-20(17)31-2)33(29,30)26-13-6-14-32-21(26)16-25-23(28)22(27)24-12-11-18-7-4-3-5-8-18/h7,9-10,15,21H,3-6,8,11-14,16H2,1-2H3,(H,24,27)(H,25,28)/t21-/m0/s1. The van der Waals surface area contributed by atoms with Crippen molar-refractivity contribution in [3.05, 3.63) is 35.4 Å². The molecule has 0 bridgehead atoms. The molecular formula is C23H33N3O6S. The molecule has 9 nitrogen and oxygen atoms in total. The van der Waals surface area contributed by atoms with Crippen molar-refractivity contribution in [3.8, 4) is 5.75 Å². The highest BCUT2D eigenvalue weighted by Crippen LogP contribution is 2.26. The second-order valence-corrected chi connectivity index (χ2v) is 10.1. The number of amides is 2. The summed E-state index contributed by atoms with van der Waals surface area (Å²) in [6.45, 7) is 2.68. The van der Waals surface area contributed by atoms with E-state index in [1.54, 1.807) is 19.1 Å². The number of hydrogen-bond donors (Lipinski definition) is 2. The molecule has 1 fully saturated rings. The highest BCUT2D eigenvalue weighted by atomic mass is 32.2. The Morgan fingerprint density at radius 1 is 1.18 bits per heavy atom. The number of rotatable bonds is 8. The van der Waals surface area contributed by atoms with E-state index in [0.29, 0.717) is 30.9 Å². The van der Waals surface area contributed by atoms with Crippen LogP contribution in [0.2, 0.25) is 0 Å². The molecule has 0 spiro atoms. The van der Waals surface area contributed by atoms with E-state index < -0.39 is 28.1 Å². The van der Waals surface area contributed by atoms with Crippen LogP contribution in [-0.2, 0) is 24.3 Å². The van der Waals surface area contributed by atoms with Crippen molar-refractivity contribution in [1.82, 2.24) is 14.9 Å². The maximum Gasteiger partial charge on any atom is 0.309 e. The van der Waals surface area contributed by atoms with E-state index >= 15 is 0 Å². The Kier molecular flexibility index (Phi) is 8.87. The third-order valence-electron chi connectivity index (χ3n) is 5.89. The van der Waals surface area contributed by atoms with Gasteiger partial charge in [0.15, 0.2) is 0 Å². The Hall–Kier alpha value is -2.43. The monoisotopic (exact) mass is 479 g/mol. The van der Waals surface area contributed by atoms with Crippen molar-refractivity contribution in [1.29, 1.82) is 0 Å². The average molecular weight is 480 g/mol. The van der Waals surface area contributed by atoms with Crippen LogP contribution in [0.15, 0.2) is 34.7 Å². The van der Waals surface area contributed by atoms with Gasteiger partial charge in [-0.3, -0.25) is 9.59 Å². The summed E-state index contributed by atoms with van der Waals surface area (Å²) in [4.78, 5) is 24.5. The number of aryl methyl sites for hydroxylation is 1. The molecule has 1 aliphatic carbocycles. The second-order valence-electron chi connectivity index (χ2n) is 8.25. The van der Waals surface area contributed by atoms with E-state index in [0.717, 1.165) is 25.7 Å². The molecule has 1 heterocycles. The number of methoxy groups -OCH3 is 1. The summed E-state index contributed by atoms with van der Waals surface area (Å²) in [5, 5.41) is 5.13. The van der Waals surface area contributed by atoms with E-state index in [2.05, 4.69) is 16.7 Å². The van der Waals surface area contributed by atoms with Crippen molar-refractivity contribution in [2.24, 2.45) is 0 Å². The van der Waals surface area contributed by atoms with E-state index in [-0.39, 0.29) is 18.0 Å². The molecule has 0 saturated carbocycles. The number of nitrogens with zero attached hydrogens (tertiary/aromatic N) is 1. The highest BCUT2D eigenvalue weighted by molar-refractivity contribution is 7.89. The van der Waals surface area contributed by atoms with Crippen molar-refractivity contribution >= 4 is 21.8 Å². The zero-order chi connectivity index (χ0) is 23.8. The lowest BCUT2D eigenvalue weighted by atomic mass is 9.97. The van der Waals surface area contributed by atoms with Crippen LogP contribution in [0.25, 0.3) is 0 Å². The van der Waals surface area contributed by atoms with Crippen molar-refractivity contribution < 1.29 is 27.5 Å². The Balaban J connectivity index is 1.56. The van der Waals surface area contributed by atoms with Crippen LogP contribution in [0.1, 0.15) is 44.1 Å². The summed E-state index contributed by atoms with van der Waals surface area (Å²) >= 11 is 0. The van der Waals surface area contributed by atoms with Crippen LogP contribution in [0.3, 0.4) is 0 Å². The maximum absolute atomic E-state index is 13.2. The maximum atomic E-state index is 13.2. The minimum atomic E-state index is -3.86. The molecule has 1 aromatic rings. The van der Waals surface area contributed by atoms with Crippen LogP contribution >= 0.6 is 0 Å². The lowest BCUT2D eigenvalue weighted by molar-refractivity contribution is -0.140. The van der Waals surface area contributed by atoms with Crippen LogP contribution in [0, 0.1) is 6.92 Å². The third kappa shape index (κ3) is 6.55. The summed E-state index contributed by atoms with van der Waals surface area (Å²) in [5.41, 5.74) is 2.01. The Morgan fingerprint density at radius 3 is 2.67 bits per heavy atom. The van der Waals surface area contributed by atoms with E-state index in [1.807, 2.05) is 0 Å². The molecule has 182 valence electrons. The van der Waals surface area contributed by atoms with Crippen LogP contribution in [0.4, 0.5) is 0 Å². The quantitative estimate of drug-likeness (QED) is 0.435. The zero-order valence-electron chi connectivity index (χ0n) is 19.3. The molecule has 1 atom stereocenters. The number of carbonyl (C=O) groups excluding carboxylic acids is 2. The fourth-order valence-corrected chi connectivity index (χ4v) is 5.71. The number of nitrogens with one attached hydrogen (secondary N) is 2. The first kappa shape index (κ1) is 25.2. The predicted octanol–water partition coefficient (Wildman–Crippen LogP) is 1.86. The van der Waals surface area contributed by atoms with Gasteiger partial charge in [-0.25, -0.2) is 8.42 Å². The van der Waals surface area contributed by atoms with Gasteiger partial charge < -0.3 is 20.1 Å². The van der Waals surface area contributed by atoms with Gasteiger partial charge in [0.05, 0.1) is 25.2 Å². The summed E-state index contributed by atoms with van der Waals surface area (Å²) in [5.74, 6) is -0.944. The lowest BCUT2D eigenvalue weighted by Gasteiger charge is -2.34. The number of carbonyl (C=O) groups is 2. The zero-order valence-corrected chi connectivity index (χ0v) is 20.1. The molecule has 2 aliphatic rings. The van der Waals surface area contributed by atoms with Gasteiger partial charge >= 0.3 is 11.8 Å². The molecule has 33 heavy (non-hydrogen) atoms. The molecule has 3 rings (SSSR count). The first-order chi connectivity index (χ1) is 15.8. The van der Waals surface area contributed by atoms with Gasteiger partial charge in [-0.2, -0.15) is 4.31 Å². The topological polar surface area (TPSA) is 114 Å². The molecule has 0 unspecified atom stereocenters. The summed E-state index contributed by atoms with van der Waals surface area (Å²) < 4.78 is 38.5. The largest absolute Gasteiger partial charge is 0.496 e. The highest BCUT2D eigenvalue weighted by Gasteiger charge is 2.35. The van der Waals surface area contributed by atoms with Crippen molar-refractivity contribution in [2.45, 2.75) is 56.6 Å². The van der Waals surface area contributed by atoms with Gasteiger partial charge in [-0.15, -0.1) is 0 Å². The summed E-state index contributed by atoms with van der Waals surface area (Å²) in [6, 6.07) is 4.64. The molecule has 0 radical (unpaired) electrons. The number of allylic oxidation sites excluding steroid dienone is 1. The van der Waals surface area contributed by atoms with Gasteiger partial charge in [0.2, 0.25) is 10.0 Å². The predicted molar refractivity (Wildman–Crippen MR) is 123 cm³/mol. The summed E-state index contributed by atoms with van der Waals surface area (Å²) in [7, 11) is -2.33. The second kappa shape index (κ2) is 11.6. The van der Waals surface area contributed by atoms with Crippen LogP contribution < -0.4 is 15.4 Å².